The number of hydrogen-bond donors (Lipinski definition) is 3. The van der Waals surface area contributed by atoms with E-state index in [-0.39, 0.29) is 0 Å². The lowest BCUT2D eigenvalue weighted by atomic mass is 10.1. The molecule has 2 fully saturated rings. The smallest absolute Gasteiger partial charge is 0.252 e. The fourth-order valence-electron chi connectivity index (χ4n) is 4.35. The van der Waals surface area contributed by atoms with Crippen LogP contribution in [0.3, 0.4) is 0 Å². The maximum Gasteiger partial charge on any atom is 0.252 e. The first-order valence-corrected chi connectivity index (χ1v) is 10.9. The van der Waals surface area contributed by atoms with Crippen LogP contribution in [0.2, 0.25) is 0 Å². The fraction of sp³-hybridized carbons (Fsp3) is 0.348. The topological polar surface area (TPSA) is 103 Å². The number of primary amides is 1. The van der Waals surface area contributed by atoms with Gasteiger partial charge < -0.3 is 25.8 Å². The van der Waals surface area contributed by atoms with E-state index in [0.29, 0.717) is 5.56 Å². The lowest BCUT2D eigenvalue weighted by Crippen LogP contribution is -2.44. The summed E-state index contributed by atoms with van der Waals surface area (Å²) in [5.74, 6) is 1.39. The Morgan fingerprint density at radius 2 is 1.74 bits per heavy atom. The van der Waals surface area contributed by atoms with Crippen molar-refractivity contribution >= 4 is 17.5 Å². The number of piperazine rings is 1. The molecule has 8 nitrogen and oxygen atoms in total. The summed E-state index contributed by atoms with van der Waals surface area (Å²) in [6.45, 7) is 5.57. The molecule has 1 amide bonds. The Kier molecular flexibility index (Phi) is 5.30. The zero-order valence-electron chi connectivity index (χ0n) is 17.5. The second kappa shape index (κ2) is 8.39. The van der Waals surface area contributed by atoms with Gasteiger partial charge in [0.05, 0.1) is 11.3 Å². The third kappa shape index (κ3) is 3.98. The number of hydrogen-bond acceptors (Lipinski definition) is 6. The molecule has 5 heterocycles. The predicted octanol–water partition coefficient (Wildman–Crippen LogP) is 2.25. The molecule has 31 heavy (non-hydrogen) atoms. The van der Waals surface area contributed by atoms with Crippen LogP contribution in [0.15, 0.2) is 42.7 Å². The summed E-state index contributed by atoms with van der Waals surface area (Å²) in [5, 5.41) is 3.33. The number of anilines is 2. The molecular weight excluding hydrogens is 390 g/mol. The number of H-pyrrole nitrogens is 1. The van der Waals surface area contributed by atoms with Crippen LogP contribution in [0.4, 0.5) is 11.6 Å². The second-order valence-electron chi connectivity index (χ2n) is 8.08. The maximum absolute atomic E-state index is 12.1. The Morgan fingerprint density at radius 1 is 0.935 bits per heavy atom. The first-order chi connectivity index (χ1) is 15.2. The normalized spacial score (nSPS) is 16.6. The molecule has 2 aliphatic heterocycles. The summed E-state index contributed by atoms with van der Waals surface area (Å²) < 4.78 is 0. The van der Waals surface area contributed by atoms with Crippen molar-refractivity contribution < 1.29 is 4.79 Å². The third-order valence-electron chi connectivity index (χ3n) is 6.04. The van der Waals surface area contributed by atoms with Crippen molar-refractivity contribution in [2.75, 3.05) is 49.1 Å². The van der Waals surface area contributed by atoms with E-state index in [1.165, 1.54) is 12.8 Å². The molecule has 3 aromatic rings. The number of nitrogens with two attached hydrogens (primary N) is 1. The van der Waals surface area contributed by atoms with Crippen LogP contribution in [-0.2, 0) is 0 Å². The van der Waals surface area contributed by atoms with Gasteiger partial charge in [0.25, 0.3) is 5.91 Å². The first-order valence-electron chi connectivity index (χ1n) is 10.9. The van der Waals surface area contributed by atoms with Crippen molar-refractivity contribution in [2.45, 2.75) is 12.8 Å². The van der Waals surface area contributed by atoms with E-state index < -0.39 is 5.91 Å². The standard InChI is InChI=1S/C23H27N7O/c24-22(31)18-14-20(28-23(18)30-11-7-25-8-12-30)16-5-6-26-19(13-16)17-3-4-21(27-15-17)29-9-1-2-10-29/h3-6,13-15,25,28H,1-2,7-12H2,(H2,24,31). The van der Waals surface area contributed by atoms with Gasteiger partial charge in [0, 0.05) is 68.5 Å². The van der Waals surface area contributed by atoms with E-state index in [1.807, 2.05) is 24.4 Å². The molecule has 0 spiro atoms. The Labute approximate surface area is 181 Å². The molecule has 0 bridgehead atoms. The van der Waals surface area contributed by atoms with Crippen LogP contribution in [0.1, 0.15) is 23.2 Å². The minimum Gasteiger partial charge on any atom is -0.365 e. The SMILES string of the molecule is NC(=O)c1cc(-c2ccnc(-c3ccc(N4CCCC4)nc3)c2)[nH]c1N1CCNCC1. The zero-order chi connectivity index (χ0) is 21.2. The number of nitrogens with zero attached hydrogens (tertiary/aromatic N) is 4. The Morgan fingerprint density at radius 3 is 2.45 bits per heavy atom. The third-order valence-corrected chi connectivity index (χ3v) is 6.04. The van der Waals surface area contributed by atoms with Gasteiger partial charge >= 0.3 is 0 Å². The summed E-state index contributed by atoms with van der Waals surface area (Å²) >= 11 is 0. The van der Waals surface area contributed by atoms with Gasteiger partial charge in [0.1, 0.15) is 11.6 Å². The highest BCUT2D eigenvalue weighted by atomic mass is 16.1. The predicted molar refractivity (Wildman–Crippen MR) is 122 cm³/mol. The molecule has 3 aromatic heterocycles. The van der Waals surface area contributed by atoms with Gasteiger partial charge in [-0.3, -0.25) is 9.78 Å². The van der Waals surface area contributed by atoms with Gasteiger partial charge in [-0.15, -0.1) is 0 Å². The van der Waals surface area contributed by atoms with Crippen LogP contribution < -0.4 is 20.9 Å². The number of amides is 1. The lowest BCUT2D eigenvalue weighted by molar-refractivity contribution is 0.100. The highest BCUT2D eigenvalue weighted by Gasteiger charge is 2.21. The minimum absolute atomic E-state index is 0.424. The molecule has 5 rings (SSSR count). The van der Waals surface area contributed by atoms with Crippen LogP contribution in [0.25, 0.3) is 22.5 Å². The molecule has 0 unspecified atom stereocenters. The number of nitrogens with one attached hydrogen (secondary N) is 2. The average molecular weight is 418 g/mol. The maximum atomic E-state index is 12.1. The highest BCUT2D eigenvalue weighted by Crippen LogP contribution is 2.30. The number of pyridine rings is 2. The summed E-state index contributed by atoms with van der Waals surface area (Å²) in [7, 11) is 0. The molecule has 0 saturated carbocycles. The molecule has 160 valence electrons. The molecule has 2 saturated heterocycles. The van der Waals surface area contributed by atoms with E-state index in [0.717, 1.165) is 73.4 Å². The Balaban J connectivity index is 1.44. The number of aromatic nitrogens is 3. The number of rotatable bonds is 5. The van der Waals surface area contributed by atoms with Crippen LogP contribution in [-0.4, -0.2) is 60.1 Å². The number of aromatic amines is 1. The van der Waals surface area contributed by atoms with Crippen molar-refractivity contribution in [1.82, 2.24) is 20.3 Å². The fourth-order valence-corrected chi connectivity index (χ4v) is 4.35. The molecule has 0 radical (unpaired) electrons. The largest absolute Gasteiger partial charge is 0.365 e. The highest BCUT2D eigenvalue weighted by molar-refractivity contribution is 5.99. The Hall–Kier alpha value is -3.39. The molecule has 0 atom stereocenters. The van der Waals surface area contributed by atoms with Crippen LogP contribution in [0, 0.1) is 0 Å². The average Bonchev–Trinajstić information content (AvgIpc) is 3.51. The second-order valence-corrected chi connectivity index (χ2v) is 8.08. The summed E-state index contributed by atoms with van der Waals surface area (Å²) in [6.07, 6.45) is 6.13. The monoisotopic (exact) mass is 417 g/mol. The quantitative estimate of drug-likeness (QED) is 0.588. The van der Waals surface area contributed by atoms with Crippen molar-refractivity contribution in [1.29, 1.82) is 0 Å². The molecule has 8 heteroatoms. The van der Waals surface area contributed by atoms with Gasteiger partial charge in [-0.2, -0.15) is 0 Å². The molecule has 0 aromatic carbocycles. The van der Waals surface area contributed by atoms with E-state index in [2.05, 4.69) is 42.2 Å². The van der Waals surface area contributed by atoms with Crippen molar-refractivity contribution in [2.24, 2.45) is 5.73 Å². The van der Waals surface area contributed by atoms with Crippen molar-refractivity contribution in [3.05, 3.63) is 48.3 Å². The van der Waals surface area contributed by atoms with E-state index in [4.69, 9.17) is 5.73 Å². The minimum atomic E-state index is -0.424. The van der Waals surface area contributed by atoms with Crippen molar-refractivity contribution in [3.63, 3.8) is 0 Å². The number of carbonyl (C=O) groups excluding carboxylic acids is 1. The molecule has 2 aliphatic rings. The van der Waals surface area contributed by atoms with Crippen LogP contribution in [0.5, 0.6) is 0 Å². The van der Waals surface area contributed by atoms with E-state index in [1.54, 1.807) is 6.20 Å². The first kappa shape index (κ1) is 19.6. The van der Waals surface area contributed by atoms with E-state index in [9.17, 15) is 4.79 Å². The van der Waals surface area contributed by atoms with Gasteiger partial charge in [-0.25, -0.2) is 4.98 Å². The van der Waals surface area contributed by atoms with Gasteiger partial charge in [0.15, 0.2) is 0 Å². The summed E-state index contributed by atoms with van der Waals surface area (Å²) in [4.78, 5) is 29.2. The number of carbonyl (C=O) groups is 1. The van der Waals surface area contributed by atoms with Gasteiger partial charge in [-0.05, 0) is 43.2 Å². The Bertz CT molecular complexity index is 1060. The van der Waals surface area contributed by atoms with Crippen LogP contribution >= 0.6 is 0 Å². The molecular formula is C23H27N7O. The lowest BCUT2D eigenvalue weighted by Gasteiger charge is -2.28. The molecule has 4 N–H and O–H groups in total. The summed E-state index contributed by atoms with van der Waals surface area (Å²) in [5.41, 5.74) is 9.82. The van der Waals surface area contributed by atoms with E-state index >= 15 is 0 Å². The van der Waals surface area contributed by atoms with Gasteiger partial charge in [-0.1, -0.05) is 0 Å². The summed E-state index contributed by atoms with van der Waals surface area (Å²) in [6, 6.07) is 9.94. The zero-order valence-corrected chi connectivity index (χ0v) is 17.5. The molecule has 0 aliphatic carbocycles. The van der Waals surface area contributed by atoms with Gasteiger partial charge in [0.2, 0.25) is 0 Å². The van der Waals surface area contributed by atoms with Crippen molar-refractivity contribution in [3.8, 4) is 22.5 Å².